The van der Waals surface area contributed by atoms with Crippen molar-refractivity contribution >= 4 is 23.8 Å². The van der Waals surface area contributed by atoms with Crippen molar-refractivity contribution in [1.82, 2.24) is 0 Å². The Morgan fingerprint density at radius 3 is 2.29 bits per heavy atom. The molecule has 0 fully saturated rings. The molecule has 6 nitrogen and oxygen atoms in total. The van der Waals surface area contributed by atoms with Crippen molar-refractivity contribution in [2.24, 2.45) is 0 Å². The fraction of sp³-hybridized carbons (Fsp3) is 0.182. The standard InChI is InChI=1S/C11H10O6/c1-15-10(13)8(9(12)11(14)16-2)6-7-4-3-5-17-7/h3-6H,1-2H3/b8-6+. The van der Waals surface area contributed by atoms with Gasteiger partial charge in [0.25, 0.3) is 5.78 Å². The Labute approximate surface area is 96.8 Å². The van der Waals surface area contributed by atoms with Gasteiger partial charge >= 0.3 is 11.9 Å². The van der Waals surface area contributed by atoms with Crippen molar-refractivity contribution in [2.75, 3.05) is 14.2 Å². The van der Waals surface area contributed by atoms with Crippen molar-refractivity contribution < 1.29 is 28.3 Å². The molecule has 0 aliphatic heterocycles. The van der Waals surface area contributed by atoms with Crippen LogP contribution in [0.3, 0.4) is 0 Å². The molecule has 1 rings (SSSR count). The Hall–Kier alpha value is -2.37. The smallest absolute Gasteiger partial charge is 0.379 e. The maximum Gasteiger partial charge on any atom is 0.379 e. The summed E-state index contributed by atoms with van der Waals surface area (Å²) in [6, 6.07) is 3.09. The number of esters is 2. The number of carbonyl (C=O) groups excluding carboxylic acids is 3. The van der Waals surface area contributed by atoms with Gasteiger partial charge in [-0.2, -0.15) is 0 Å². The quantitative estimate of drug-likeness (QED) is 0.251. The van der Waals surface area contributed by atoms with Crippen LogP contribution < -0.4 is 0 Å². The first kappa shape index (κ1) is 12.7. The molecule has 0 atom stereocenters. The molecular weight excluding hydrogens is 228 g/mol. The van der Waals surface area contributed by atoms with E-state index < -0.39 is 23.3 Å². The van der Waals surface area contributed by atoms with E-state index in [-0.39, 0.29) is 5.76 Å². The van der Waals surface area contributed by atoms with Gasteiger partial charge in [-0.1, -0.05) is 0 Å². The van der Waals surface area contributed by atoms with Gasteiger partial charge in [0.05, 0.1) is 20.5 Å². The summed E-state index contributed by atoms with van der Waals surface area (Å²) in [5.41, 5.74) is -0.450. The van der Waals surface area contributed by atoms with Gasteiger partial charge in [0, 0.05) is 0 Å². The lowest BCUT2D eigenvalue weighted by Gasteiger charge is -2.02. The Kier molecular flexibility index (Phi) is 4.21. The zero-order chi connectivity index (χ0) is 12.8. The average molecular weight is 238 g/mol. The molecule has 0 saturated heterocycles. The molecule has 0 bridgehead atoms. The number of ketones is 1. The lowest BCUT2D eigenvalue weighted by atomic mass is 10.1. The van der Waals surface area contributed by atoms with E-state index in [2.05, 4.69) is 9.47 Å². The summed E-state index contributed by atoms with van der Waals surface area (Å²) < 4.78 is 13.6. The van der Waals surface area contributed by atoms with Crippen LogP contribution in [0, 0.1) is 0 Å². The van der Waals surface area contributed by atoms with Crippen LogP contribution in [0.25, 0.3) is 6.08 Å². The third-order valence-electron chi connectivity index (χ3n) is 1.85. The van der Waals surface area contributed by atoms with Gasteiger partial charge in [-0.15, -0.1) is 0 Å². The summed E-state index contributed by atoms with van der Waals surface area (Å²) in [4.78, 5) is 33.9. The number of hydrogen-bond acceptors (Lipinski definition) is 6. The normalized spacial score (nSPS) is 10.8. The van der Waals surface area contributed by atoms with Crippen LogP contribution in [-0.2, 0) is 23.9 Å². The Morgan fingerprint density at radius 2 is 1.82 bits per heavy atom. The minimum absolute atomic E-state index is 0.252. The first-order valence-electron chi connectivity index (χ1n) is 4.56. The van der Waals surface area contributed by atoms with Gasteiger partial charge < -0.3 is 13.9 Å². The summed E-state index contributed by atoms with van der Waals surface area (Å²) in [5, 5.41) is 0. The highest BCUT2D eigenvalue weighted by Crippen LogP contribution is 2.10. The lowest BCUT2D eigenvalue weighted by Crippen LogP contribution is -2.23. The summed E-state index contributed by atoms with van der Waals surface area (Å²) in [7, 11) is 2.14. The molecule has 0 radical (unpaired) electrons. The first-order valence-corrected chi connectivity index (χ1v) is 4.56. The molecule has 0 unspecified atom stereocenters. The molecule has 17 heavy (non-hydrogen) atoms. The minimum Gasteiger partial charge on any atom is -0.465 e. The van der Waals surface area contributed by atoms with E-state index in [9.17, 15) is 14.4 Å². The van der Waals surface area contributed by atoms with Crippen molar-refractivity contribution in [1.29, 1.82) is 0 Å². The number of rotatable bonds is 4. The van der Waals surface area contributed by atoms with Gasteiger partial charge in [-0.3, -0.25) is 4.79 Å². The Bertz CT molecular complexity index is 454. The molecule has 1 heterocycles. The lowest BCUT2D eigenvalue weighted by molar-refractivity contribution is -0.151. The molecule has 0 saturated carbocycles. The predicted octanol–water partition coefficient (Wildman–Crippen LogP) is 0.578. The van der Waals surface area contributed by atoms with E-state index in [1.54, 1.807) is 6.07 Å². The number of hydrogen-bond donors (Lipinski definition) is 0. The predicted molar refractivity (Wildman–Crippen MR) is 55.7 cm³/mol. The van der Waals surface area contributed by atoms with Gasteiger partial charge in [-0.25, -0.2) is 9.59 Å². The molecule has 0 spiro atoms. The summed E-state index contributed by atoms with van der Waals surface area (Å²) in [6.07, 6.45) is 2.48. The highest BCUT2D eigenvalue weighted by Gasteiger charge is 2.26. The molecule has 0 amide bonds. The van der Waals surface area contributed by atoms with E-state index in [4.69, 9.17) is 4.42 Å². The molecule has 0 aliphatic carbocycles. The molecular formula is C11H10O6. The van der Waals surface area contributed by atoms with Gasteiger partial charge in [0.1, 0.15) is 11.3 Å². The van der Waals surface area contributed by atoms with Crippen LogP contribution in [-0.4, -0.2) is 31.9 Å². The molecule has 0 aromatic carbocycles. The van der Waals surface area contributed by atoms with Crippen LogP contribution in [0.2, 0.25) is 0 Å². The zero-order valence-corrected chi connectivity index (χ0v) is 9.26. The van der Waals surface area contributed by atoms with Crippen molar-refractivity contribution in [3.05, 3.63) is 29.7 Å². The van der Waals surface area contributed by atoms with Crippen LogP contribution in [0.4, 0.5) is 0 Å². The highest BCUT2D eigenvalue weighted by atomic mass is 16.5. The van der Waals surface area contributed by atoms with Crippen molar-refractivity contribution in [2.45, 2.75) is 0 Å². The molecule has 0 aliphatic rings. The summed E-state index contributed by atoms with van der Waals surface area (Å²) >= 11 is 0. The van der Waals surface area contributed by atoms with Gasteiger partial charge in [0.2, 0.25) is 0 Å². The van der Waals surface area contributed by atoms with E-state index in [0.717, 1.165) is 20.3 Å². The van der Waals surface area contributed by atoms with Crippen molar-refractivity contribution in [3.63, 3.8) is 0 Å². The van der Waals surface area contributed by atoms with Crippen molar-refractivity contribution in [3.8, 4) is 0 Å². The largest absolute Gasteiger partial charge is 0.465 e. The van der Waals surface area contributed by atoms with Gasteiger partial charge in [0.15, 0.2) is 0 Å². The Balaban J connectivity index is 3.09. The maximum absolute atomic E-state index is 11.5. The third kappa shape index (κ3) is 3.04. The first-order chi connectivity index (χ1) is 8.10. The fourth-order valence-electron chi connectivity index (χ4n) is 1.05. The van der Waals surface area contributed by atoms with E-state index >= 15 is 0 Å². The SMILES string of the molecule is COC(=O)C(=O)/C(=C\c1ccco1)C(=O)OC. The average Bonchev–Trinajstić information content (AvgIpc) is 2.86. The van der Waals surface area contributed by atoms with E-state index in [1.165, 1.54) is 12.3 Å². The summed E-state index contributed by atoms with van der Waals surface area (Å²) in [6.45, 7) is 0. The summed E-state index contributed by atoms with van der Waals surface area (Å²) in [5.74, 6) is -2.91. The fourth-order valence-corrected chi connectivity index (χ4v) is 1.05. The van der Waals surface area contributed by atoms with Crippen LogP contribution in [0.5, 0.6) is 0 Å². The second kappa shape index (κ2) is 5.64. The topological polar surface area (TPSA) is 82.8 Å². The number of furan rings is 1. The second-order valence-electron chi connectivity index (χ2n) is 2.89. The molecule has 90 valence electrons. The molecule has 1 aromatic heterocycles. The monoisotopic (exact) mass is 238 g/mol. The van der Waals surface area contributed by atoms with Gasteiger partial charge in [-0.05, 0) is 18.2 Å². The minimum atomic E-state index is -1.15. The highest BCUT2D eigenvalue weighted by molar-refractivity contribution is 6.47. The molecule has 0 N–H and O–H groups in total. The zero-order valence-electron chi connectivity index (χ0n) is 9.26. The maximum atomic E-state index is 11.5. The molecule has 6 heteroatoms. The number of methoxy groups -OCH3 is 2. The van der Waals surface area contributed by atoms with E-state index in [0.29, 0.717) is 0 Å². The third-order valence-corrected chi connectivity index (χ3v) is 1.85. The Morgan fingerprint density at radius 1 is 1.18 bits per heavy atom. The number of Topliss-reactive ketones (excluding diaryl/α,β-unsaturated/α-hetero) is 1. The molecule has 1 aromatic rings. The van der Waals surface area contributed by atoms with Crippen LogP contribution in [0.15, 0.2) is 28.4 Å². The second-order valence-corrected chi connectivity index (χ2v) is 2.89. The van der Waals surface area contributed by atoms with E-state index in [1.807, 2.05) is 0 Å². The number of ether oxygens (including phenoxy) is 2. The van der Waals surface area contributed by atoms with Crippen LogP contribution in [0.1, 0.15) is 5.76 Å². The van der Waals surface area contributed by atoms with Crippen LogP contribution >= 0.6 is 0 Å². The number of carbonyl (C=O) groups is 3.